The van der Waals surface area contributed by atoms with E-state index in [0.29, 0.717) is 43.1 Å². The zero-order chi connectivity index (χ0) is 22.4. The number of hydrogen-bond acceptors (Lipinski definition) is 4. The maximum absolute atomic E-state index is 12.6. The molecule has 164 valence electrons. The molecule has 0 bridgehead atoms. The minimum absolute atomic E-state index is 0.0745. The third-order valence-corrected chi connectivity index (χ3v) is 5.74. The van der Waals surface area contributed by atoms with E-state index in [1.807, 2.05) is 30.3 Å². The van der Waals surface area contributed by atoms with Crippen molar-refractivity contribution in [2.24, 2.45) is 5.92 Å². The van der Waals surface area contributed by atoms with E-state index >= 15 is 0 Å². The second kappa shape index (κ2) is 10.4. The molecule has 2 amide bonds. The summed E-state index contributed by atoms with van der Waals surface area (Å²) in [5.74, 6) is -1.02. The smallest absolute Gasteiger partial charge is 0.309 e. The lowest BCUT2D eigenvalue weighted by molar-refractivity contribution is -0.163. The topological polar surface area (TPSA) is 66.9 Å². The van der Waals surface area contributed by atoms with E-state index in [1.54, 1.807) is 48.0 Å². The van der Waals surface area contributed by atoms with Crippen LogP contribution in [-0.4, -0.2) is 53.8 Å². The SMILES string of the molecule is CC(OC(=O)C1CCN(C(=O)c2ccc(Cl)cc2)CC1)C(=O)N(C)Cc1ccccc1. The predicted molar refractivity (Wildman–Crippen MR) is 119 cm³/mol. The molecule has 1 unspecified atom stereocenters. The number of carbonyl (C=O) groups is 3. The van der Waals surface area contributed by atoms with E-state index in [1.165, 1.54) is 0 Å². The van der Waals surface area contributed by atoms with E-state index < -0.39 is 6.10 Å². The zero-order valence-corrected chi connectivity index (χ0v) is 18.5. The number of esters is 1. The van der Waals surface area contributed by atoms with Gasteiger partial charge in [0.05, 0.1) is 5.92 Å². The second-order valence-electron chi connectivity index (χ2n) is 7.83. The lowest BCUT2D eigenvalue weighted by Gasteiger charge is -2.31. The molecule has 1 heterocycles. The van der Waals surface area contributed by atoms with Crippen LogP contribution in [-0.2, 0) is 20.9 Å². The highest BCUT2D eigenvalue weighted by atomic mass is 35.5. The molecule has 1 saturated heterocycles. The van der Waals surface area contributed by atoms with Crippen molar-refractivity contribution in [2.75, 3.05) is 20.1 Å². The fourth-order valence-electron chi connectivity index (χ4n) is 3.66. The number of benzene rings is 2. The van der Waals surface area contributed by atoms with Crippen molar-refractivity contribution < 1.29 is 19.1 Å². The number of amides is 2. The molecule has 1 aliphatic heterocycles. The fourth-order valence-corrected chi connectivity index (χ4v) is 3.79. The Bertz CT molecular complexity index is 909. The van der Waals surface area contributed by atoms with Crippen molar-refractivity contribution >= 4 is 29.4 Å². The average molecular weight is 443 g/mol. The highest BCUT2D eigenvalue weighted by Gasteiger charge is 2.31. The summed E-state index contributed by atoms with van der Waals surface area (Å²) in [6, 6.07) is 16.4. The Kier molecular flexibility index (Phi) is 7.69. The molecule has 2 aromatic carbocycles. The molecule has 0 N–H and O–H groups in total. The summed E-state index contributed by atoms with van der Waals surface area (Å²) < 4.78 is 5.46. The van der Waals surface area contributed by atoms with Crippen molar-refractivity contribution in [2.45, 2.75) is 32.4 Å². The summed E-state index contributed by atoms with van der Waals surface area (Å²) in [7, 11) is 1.69. The Morgan fingerprint density at radius 1 is 1.06 bits per heavy atom. The van der Waals surface area contributed by atoms with Crippen molar-refractivity contribution in [1.82, 2.24) is 9.80 Å². The van der Waals surface area contributed by atoms with Gasteiger partial charge in [-0.2, -0.15) is 0 Å². The number of nitrogens with zero attached hydrogens (tertiary/aromatic N) is 2. The first-order chi connectivity index (χ1) is 14.8. The minimum atomic E-state index is -0.852. The summed E-state index contributed by atoms with van der Waals surface area (Å²) in [5, 5.41) is 0.580. The Morgan fingerprint density at radius 2 is 1.68 bits per heavy atom. The molecule has 0 spiro atoms. The molecule has 2 aromatic rings. The first-order valence-corrected chi connectivity index (χ1v) is 10.8. The molecule has 0 aliphatic carbocycles. The monoisotopic (exact) mass is 442 g/mol. The number of halogens is 1. The molecule has 0 saturated carbocycles. The Hall–Kier alpha value is -2.86. The van der Waals surface area contributed by atoms with Gasteiger partial charge in [0.2, 0.25) is 0 Å². The molecular formula is C24H27ClN2O4. The summed E-state index contributed by atoms with van der Waals surface area (Å²) >= 11 is 5.88. The van der Waals surface area contributed by atoms with E-state index in [0.717, 1.165) is 5.56 Å². The molecule has 0 radical (unpaired) electrons. The molecule has 6 nitrogen and oxygen atoms in total. The normalized spacial score (nSPS) is 15.3. The van der Waals surface area contributed by atoms with E-state index in [4.69, 9.17) is 16.3 Å². The number of ether oxygens (including phenoxy) is 1. The van der Waals surface area contributed by atoms with Gasteiger partial charge in [-0.05, 0) is 49.6 Å². The molecule has 31 heavy (non-hydrogen) atoms. The third-order valence-electron chi connectivity index (χ3n) is 5.49. The molecule has 1 atom stereocenters. The Balaban J connectivity index is 1.47. The quantitative estimate of drug-likeness (QED) is 0.638. The van der Waals surface area contributed by atoms with Crippen molar-refractivity contribution in [1.29, 1.82) is 0 Å². The number of carbonyl (C=O) groups excluding carboxylic acids is 3. The van der Waals surface area contributed by atoms with Crippen LogP contribution in [0.25, 0.3) is 0 Å². The lowest BCUT2D eigenvalue weighted by atomic mass is 9.96. The Labute approximate surface area is 187 Å². The van der Waals surface area contributed by atoms with Crippen LogP contribution in [0.4, 0.5) is 0 Å². The van der Waals surface area contributed by atoms with Gasteiger partial charge in [-0.1, -0.05) is 41.9 Å². The highest BCUT2D eigenvalue weighted by Crippen LogP contribution is 2.22. The van der Waals surface area contributed by atoms with Gasteiger partial charge in [0.15, 0.2) is 6.10 Å². The molecule has 3 rings (SSSR count). The fraction of sp³-hybridized carbons (Fsp3) is 0.375. The van der Waals surface area contributed by atoms with Crippen LogP contribution in [0.3, 0.4) is 0 Å². The maximum atomic E-state index is 12.6. The van der Waals surface area contributed by atoms with Gasteiger partial charge in [0.25, 0.3) is 11.8 Å². The van der Waals surface area contributed by atoms with Gasteiger partial charge in [-0.15, -0.1) is 0 Å². The van der Waals surface area contributed by atoms with Crippen molar-refractivity contribution in [3.63, 3.8) is 0 Å². The minimum Gasteiger partial charge on any atom is -0.452 e. The average Bonchev–Trinajstić information content (AvgIpc) is 2.79. The van der Waals surface area contributed by atoms with Crippen LogP contribution in [0.1, 0.15) is 35.7 Å². The first-order valence-electron chi connectivity index (χ1n) is 10.4. The van der Waals surface area contributed by atoms with Gasteiger partial charge in [0, 0.05) is 37.3 Å². The molecule has 1 fully saturated rings. The van der Waals surface area contributed by atoms with Gasteiger partial charge in [-0.25, -0.2) is 0 Å². The van der Waals surface area contributed by atoms with Gasteiger partial charge in [-0.3, -0.25) is 14.4 Å². The number of piperidine rings is 1. The van der Waals surface area contributed by atoms with Crippen LogP contribution in [0.15, 0.2) is 54.6 Å². The predicted octanol–water partition coefficient (Wildman–Crippen LogP) is 3.78. The van der Waals surface area contributed by atoms with Crippen LogP contribution >= 0.6 is 11.6 Å². The second-order valence-corrected chi connectivity index (χ2v) is 8.27. The van der Waals surface area contributed by atoms with Crippen molar-refractivity contribution in [3.8, 4) is 0 Å². The Morgan fingerprint density at radius 3 is 2.29 bits per heavy atom. The molecule has 0 aromatic heterocycles. The summed E-state index contributed by atoms with van der Waals surface area (Å²) in [4.78, 5) is 41.0. The molecular weight excluding hydrogens is 416 g/mol. The molecule has 1 aliphatic rings. The third kappa shape index (κ3) is 6.07. The van der Waals surface area contributed by atoms with E-state index in [2.05, 4.69) is 0 Å². The summed E-state index contributed by atoms with van der Waals surface area (Å²) in [6.45, 7) is 2.99. The highest BCUT2D eigenvalue weighted by molar-refractivity contribution is 6.30. The summed E-state index contributed by atoms with van der Waals surface area (Å²) in [5.41, 5.74) is 1.58. The van der Waals surface area contributed by atoms with E-state index in [9.17, 15) is 14.4 Å². The van der Waals surface area contributed by atoms with Gasteiger partial charge < -0.3 is 14.5 Å². The van der Waals surface area contributed by atoms with Gasteiger partial charge in [0.1, 0.15) is 0 Å². The van der Waals surface area contributed by atoms with Crippen LogP contribution in [0.5, 0.6) is 0 Å². The zero-order valence-electron chi connectivity index (χ0n) is 17.8. The standard InChI is InChI=1S/C24H27ClN2O4/c1-17(22(28)26(2)16-18-6-4-3-5-7-18)31-24(30)20-12-14-27(15-13-20)23(29)19-8-10-21(25)11-9-19/h3-11,17,20H,12-16H2,1-2H3. The van der Waals surface area contributed by atoms with Crippen LogP contribution in [0, 0.1) is 5.92 Å². The number of rotatable bonds is 6. The van der Waals surface area contributed by atoms with Crippen LogP contribution in [0.2, 0.25) is 5.02 Å². The largest absolute Gasteiger partial charge is 0.452 e. The first kappa shape index (κ1) is 22.8. The number of likely N-dealkylation sites (N-methyl/N-ethyl adjacent to an activating group) is 1. The van der Waals surface area contributed by atoms with E-state index in [-0.39, 0.29) is 23.7 Å². The molecule has 7 heteroatoms. The van der Waals surface area contributed by atoms with Gasteiger partial charge >= 0.3 is 5.97 Å². The lowest BCUT2D eigenvalue weighted by Crippen LogP contribution is -2.42. The summed E-state index contributed by atoms with van der Waals surface area (Å²) in [6.07, 6.45) is 0.174. The van der Waals surface area contributed by atoms with Crippen molar-refractivity contribution in [3.05, 3.63) is 70.7 Å². The van der Waals surface area contributed by atoms with Crippen LogP contribution < -0.4 is 0 Å². The number of hydrogen-bond donors (Lipinski definition) is 0. The number of likely N-dealkylation sites (tertiary alicyclic amines) is 1. The maximum Gasteiger partial charge on any atom is 0.309 e.